The molecule has 1 saturated carbocycles. The molecule has 0 aliphatic heterocycles. The van der Waals surface area contributed by atoms with Crippen molar-refractivity contribution in [1.82, 2.24) is 5.32 Å². The van der Waals surface area contributed by atoms with Crippen LogP contribution in [0.5, 0.6) is 0 Å². The Morgan fingerprint density at radius 3 is 2.74 bits per heavy atom. The molecule has 0 bridgehead atoms. The average molecular weight is 259 g/mol. The molecule has 2 rings (SSSR count). The molecule has 0 aromatic heterocycles. The van der Waals surface area contributed by atoms with Gasteiger partial charge in [0.15, 0.2) is 0 Å². The van der Waals surface area contributed by atoms with Gasteiger partial charge in [0.2, 0.25) is 0 Å². The van der Waals surface area contributed by atoms with E-state index in [0.717, 1.165) is 25.8 Å². The largest absolute Gasteiger partial charge is 0.389 e. The van der Waals surface area contributed by atoms with E-state index in [0.29, 0.717) is 5.92 Å². The summed E-state index contributed by atoms with van der Waals surface area (Å²) in [5.74, 6) is 0.536. The van der Waals surface area contributed by atoms with Gasteiger partial charge in [0, 0.05) is 12.6 Å². The zero-order chi connectivity index (χ0) is 13.9. The molecule has 104 valence electrons. The van der Waals surface area contributed by atoms with Crippen molar-refractivity contribution in [2.45, 2.75) is 51.3 Å². The molecule has 1 aliphatic rings. The van der Waals surface area contributed by atoms with Gasteiger partial charge in [0.25, 0.3) is 0 Å². The van der Waals surface area contributed by atoms with Gasteiger partial charge in [0.1, 0.15) is 0 Å². The second-order valence-electron chi connectivity index (χ2n) is 6.09. The lowest BCUT2D eigenvalue weighted by Crippen LogP contribution is -2.52. The molecule has 1 fully saturated rings. The Kier molecular flexibility index (Phi) is 4.43. The maximum atomic E-state index is 10.5. The van der Waals surface area contributed by atoms with E-state index in [1.165, 1.54) is 11.1 Å². The van der Waals surface area contributed by atoms with E-state index in [-0.39, 0.29) is 6.04 Å². The number of hydrogen-bond acceptors (Lipinski definition) is 2. The van der Waals surface area contributed by atoms with E-state index in [1.807, 2.05) is 25.1 Å². The number of hydrogen-bond donors (Lipinski definition) is 2. The second kappa shape index (κ2) is 5.89. The van der Waals surface area contributed by atoms with Crippen molar-refractivity contribution in [1.29, 1.82) is 0 Å². The van der Waals surface area contributed by atoms with Gasteiger partial charge in [-0.05, 0) is 44.6 Å². The number of benzene rings is 1. The Hall–Kier alpha value is -1.12. The molecule has 0 radical (unpaired) electrons. The van der Waals surface area contributed by atoms with Gasteiger partial charge < -0.3 is 10.4 Å². The summed E-state index contributed by atoms with van der Waals surface area (Å²) in [5.41, 5.74) is 1.89. The van der Waals surface area contributed by atoms with Gasteiger partial charge in [-0.1, -0.05) is 42.5 Å². The average Bonchev–Trinajstić information content (AvgIpc) is 2.38. The first-order valence-electron chi connectivity index (χ1n) is 7.14. The topological polar surface area (TPSA) is 32.3 Å². The molecular formula is C17H25NO. The van der Waals surface area contributed by atoms with Gasteiger partial charge in [0.05, 0.1) is 5.60 Å². The van der Waals surface area contributed by atoms with Gasteiger partial charge in [-0.2, -0.15) is 0 Å². The van der Waals surface area contributed by atoms with E-state index < -0.39 is 5.60 Å². The molecule has 3 atom stereocenters. The normalized spacial score (nSPS) is 31.1. The van der Waals surface area contributed by atoms with Crippen LogP contribution in [-0.2, 0) is 6.54 Å². The van der Waals surface area contributed by atoms with Crippen molar-refractivity contribution in [2.75, 3.05) is 0 Å². The summed E-state index contributed by atoms with van der Waals surface area (Å²) in [4.78, 5) is 0. The first-order chi connectivity index (χ1) is 8.99. The maximum Gasteiger partial charge on any atom is 0.0772 e. The molecule has 1 aromatic carbocycles. The van der Waals surface area contributed by atoms with Crippen LogP contribution in [0.15, 0.2) is 42.5 Å². The van der Waals surface area contributed by atoms with Crippen LogP contribution in [0.25, 0.3) is 0 Å². The molecule has 2 nitrogen and oxygen atoms in total. The number of allylic oxidation sites excluding steroid dienone is 1. The molecule has 0 heterocycles. The molecule has 0 spiro atoms. The monoisotopic (exact) mass is 259 g/mol. The minimum absolute atomic E-state index is 0.142. The van der Waals surface area contributed by atoms with E-state index in [2.05, 4.69) is 31.0 Å². The van der Waals surface area contributed by atoms with E-state index >= 15 is 0 Å². The summed E-state index contributed by atoms with van der Waals surface area (Å²) in [6.07, 6.45) is 2.87. The number of rotatable bonds is 4. The second-order valence-corrected chi connectivity index (χ2v) is 6.09. The summed E-state index contributed by atoms with van der Waals surface area (Å²) in [5, 5.41) is 14.0. The smallest absolute Gasteiger partial charge is 0.0772 e. The van der Waals surface area contributed by atoms with Crippen molar-refractivity contribution in [3.63, 3.8) is 0 Å². The maximum absolute atomic E-state index is 10.5. The minimum atomic E-state index is -0.610. The van der Waals surface area contributed by atoms with Crippen LogP contribution in [-0.4, -0.2) is 16.7 Å². The molecule has 0 saturated heterocycles. The van der Waals surface area contributed by atoms with E-state index in [1.54, 1.807) is 0 Å². The highest BCUT2D eigenvalue weighted by atomic mass is 16.3. The van der Waals surface area contributed by atoms with Crippen LogP contribution >= 0.6 is 0 Å². The lowest BCUT2D eigenvalue weighted by molar-refractivity contribution is -0.0205. The molecule has 3 unspecified atom stereocenters. The van der Waals surface area contributed by atoms with Crippen LogP contribution in [0.2, 0.25) is 0 Å². The fourth-order valence-corrected chi connectivity index (χ4v) is 2.88. The summed E-state index contributed by atoms with van der Waals surface area (Å²) < 4.78 is 0. The van der Waals surface area contributed by atoms with Crippen molar-refractivity contribution < 1.29 is 5.11 Å². The zero-order valence-electron chi connectivity index (χ0n) is 12.0. The Morgan fingerprint density at radius 1 is 1.42 bits per heavy atom. The molecule has 1 aromatic rings. The summed E-state index contributed by atoms with van der Waals surface area (Å²) in [7, 11) is 0. The molecule has 2 heteroatoms. The lowest BCUT2D eigenvalue weighted by atomic mass is 9.74. The first kappa shape index (κ1) is 14.3. The lowest BCUT2D eigenvalue weighted by Gasteiger charge is -2.41. The van der Waals surface area contributed by atoms with Crippen molar-refractivity contribution in [2.24, 2.45) is 5.92 Å². The van der Waals surface area contributed by atoms with Crippen LogP contribution in [0.3, 0.4) is 0 Å². The van der Waals surface area contributed by atoms with Crippen molar-refractivity contribution in [3.05, 3.63) is 48.0 Å². The third kappa shape index (κ3) is 3.68. The van der Waals surface area contributed by atoms with Crippen molar-refractivity contribution in [3.8, 4) is 0 Å². The van der Waals surface area contributed by atoms with Crippen molar-refractivity contribution >= 4 is 0 Å². The molecule has 0 amide bonds. The van der Waals surface area contributed by atoms with Gasteiger partial charge in [-0.25, -0.2) is 0 Å². The Balaban J connectivity index is 1.97. The SMILES string of the molecule is C=C(C)C1CCC(C)(O)C(NCc2ccccc2)C1. The number of aliphatic hydroxyl groups is 1. The first-order valence-corrected chi connectivity index (χ1v) is 7.14. The van der Waals surface area contributed by atoms with Gasteiger partial charge in [-0.15, -0.1) is 0 Å². The molecular weight excluding hydrogens is 234 g/mol. The van der Waals surface area contributed by atoms with E-state index in [9.17, 15) is 5.11 Å². The Morgan fingerprint density at radius 2 is 2.11 bits per heavy atom. The van der Waals surface area contributed by atoms with Crippen LogP contribution in [0, 0.1) is 5.92 Å². The third-order valence-electron chi connectivity index (χ3n) is 4.36. The highest BCUT2D eigenvalue weighted by molar-refractivity contribution is 5.15. The fourth-order valence-electron chi connectivity index (χ4n) is 2.88. The third-order valence-corrected chi connectivity index (χ3v) is 4.36. The standard InChI is InChI=1S/C17H25NO/c1-13(2)15-9-10-17(3,19)16(11-15)18-12-14-7-5-4-6-8-14/h4-8,15-16,18-19H,1,9-12H2,2-3H3. The molecule has 1 aliphatic carbocycles. The highest BCUT2D eigenvalue weighted by Crippen LogP contribution is 2.35. The molecule has 19 heavy (non-hydrogen) atoms. The van der Waals surface area contributed by atoms with E-state index in [4.69, 9.17) is 0 Å². The summed E-state index contributed by atoms with van der Waals surface area (Å²) >= 11 is 0. The minimum Gasteiger partial charge on any atom is -0.389 e. The van der Waals surface area contributed by atoms with Gasteiger partial charge >= 0.3 is 0 Å². The fraction of sp³-hybridized carbons (Fsp3) is 0.529. The summed E-state index contributed by atoms with van der Waals surface area (Å²) in [6.45, 7) is 8.92. The Bertz CT molecular complexity index is 424. The number of nitrogens with one attached hydrogen (secondary N) is 1. The Labute approximate surface area is 116 Å². The molecule has 2 N–H and O–H groups in total. The predicted molar refractivity (Wildman–Crippen MR) is 79.8 cm³/mol. The summed E-state index contributed by atoms with van der Waals surface area (Å²) in [6, 6.07) is 10.5. The predicted octanol–water partition coefficient (Wildman–Crippen LogP) is 3.27. The van der Waals surface area contributed by atoms with Crippen LogP contribution in [0.1, 0.15) is 38.7 Å². The highest BCUT2D eigenvalue weighted by Gasteiger charge is 2.38. The quantitative estimate of drug-likeness (QED) is 0.813. The zero-order valence-corrected chi connectivity index (χ0v) is 12.0. The van der Waals surface area contributed by atoms with Crippen LogP contribution < -0.4 is 5.32 Å². The van der Waals surface area contributed by atoms with Gasteiger partial charge in [-0.3, -0.25) is 0 Å². The van der Waals surface area contributed by atoms with Crippen LogP contribution in [0.4, 0.5) is 0 Å².